The van der Waals surface area contributed by atoms with Crippen molar-refractivity contribution < 1.29 is 0 Å². The minimum Gasteiger partial charge on any atom is -0.398 e. The van der Waals surface area contributed by atoms with Gasteiger partial charge in [0.05, 0.1) is 0 Å². The number of benzene rings is 1. The molecule has 2 aliphatic rings. The molecule has 1 aromatic carbocycles. The van der Waals surface area contributed by atoms with Gasteiger partial charge < -0.3 is 5.73 Å². The van der Waals surface area contributed by atoms with Gasteiger partial charge in [-0.2, -0.15) is 11.8 Å². The first kappa shape index (κ1) is 11.4. The summed E-state index contributed by atoms with van der Waals surface area (Å²) < 4.78 is 0. The van der Waals surface area contributed by atoms with Crippen molar-refractivity contribution in [2.24, 2.45) is 0 Å². The van der Waals surface area contributed by atoms with Gasteiger partial charge in [-0.1, -0.05) is 18.6 Å². The minimum absolute atomic E-state index is 0.761. The number of nitrogens with two attached hydrogens (primary N) is 1. The summed E-state index contributed by atoms with van der Waals surface area (Å²) in [6.07, 6.45) is 6.38. The summed E-state index contributed by atoms with van der Waals surface area (Å²) in [5.74, 6) is 0. The van der Waals surface area contributed by atoms with Gasteiger partial charge in [0.25, 0.3) is 0 Å². The molecule has 1 aromatic rings. The Balaban J connectivity index is 1.80. The number of hydrogen-bond acceptors (Lipinski definition) is 3. The van der Waals surface area contributed by atoms with E-state index in [4.69, 9.17) is 5.73 Å². The van der Waals surface area contributed by atoms with Crippen molar-refractivity contribution >= 4 is 17.4 Å². The van der Waals surface area contributed by atoms with E-state index in [-0.39, 0.29) is 0 Å². The zero-order chi connectivity index (χ0) is 11.8. The normalized spacial score (nSPS) is 28.5. The molecule has 1 saturated carbocycles. The molecular formula is C14H20N2S. The first-order valence-corrected chi connectivity index (χ1v) is 7.71. The third-order valence-electron chi connectivity index (χ3n) is 4.23. The van der Waals surface area contributed by atoms with E-state index in [1.54, 1.807) is 0 Å². The Labute approximate surface area is 108 Å². The Kier molecular flexibility index (Phi) is 3.05. The summed E-state index contributed by atoms with van der Waals surface area (Å²) >= 11 is 2.04. The number of rotatable bonds is 2. The average Bonchev–Trinajstić information content (AvgIpc) is 2.94. The van der Waals surface area contributed by atoms with E-state index >= 15 is 0 Å². The van der Waals surface area contributed by atoms with Crippen LogP contribution in [-0.4, -0.2) is 22.4 Å². The van der Waals surface area contributed by atoms with Gasteiger partial charge in [0.1, 0.15) is 0 Å². The molecule has 0 radical (unpaired) electrons. The summed E-state index contributed by atoms with van der Waals surface area (Å²) in [5, 5.41) is 0.825. The van der Waals surface area contributed by atoms with Crippen molar-refractivity contribution in [1.29, 1.82) is 0 Å². The second-order valence-corrected chi connectivity index (χ2v) is 6.24. The molecule has 3 rings (SSSR count). The van der Waals surface area contributed by atoms with Crippen LogP contribution >= 0.6 is 11.8 Å². The van der Waals surface area contributed by atoms with Crippen LogP contribution in [0.1, 0.15) is 30.4 Å². The Morgan fingerprint density at radius 1 is 1.29 bits per heavy atom. The van der Waals surface area contributed by atoms with Crippen LogP contribution in [0.5, 0.6) is 0 Å². The molecule has 1 fully saturated rings. The second kappa shape index (κ2) is 4.54. The Morgan fingerprint density at radius 2 is 2.18 bits per heavy atom. The molecular weight excluding hydrogens is 228 g/mol. The summed E-state index contributed by atoms with van der Waals surface area (Å²) in [5.41, 5.74) is 9.86. The first-order valence-electron chi connectivity index (χ1n) is 6.42. The van der Waals surface area contributed by atoms with Crippen molar-refractivity contribution in [1.82, 2.24) is 4.90 Å². The zero-order valence-electron chi connectivity index (χ0n) is 10.4. The highest BCUT2D eigenvalue weighted by atomic mass is 32.2. The number of nitrogens with zero attached hydrogens (tertiary/aromatic N) is 1. The van der Waals surface area contributed by atoms with E-state index in [1.165, 1.54) is 30.4 Å². The highest BCUT2D eigenvalue weighted by molar-refractivity contribution is 7.99. The van der Waals surface area contributed by atoms with Crippen LogP contribution in [0.3, 0.4) is 0 Å². The third kappa shape index (κ3) is 1.95. The van der Waals surface area contributed by atoms with Crippen molar-refractivity contribution in [3.63, 3.8) is 0 Å². The molecule has 2 N–H and O–H groups in total. The average molecular weight is 248 g/mol. The van der Waals surface area contributed by atoms with Crippen LogP contribution in [0, 0.1) is 0 Å². The van der Waals surface area contributed by atoms with Gasteiger partial charge >= 0.3 is 0 Å². The fraction of sp³-hybridized carbons (Fsp3) is 0.571. The standard InChI is InChI=1S/C14H20N2S/c1-17-14-7-3-6-13(14)16-8-10-4-2-5-12(15)11(10)9-16/h2,4-5,13-14H,3,6-9,15H2,1H3. The summed E-state index contributed by atoms with van der Waals surface area (Å²) in [6, 6.07) is 7.10. The van der Waals surface area contributed by atoms with Gasteiger partial charge in [0.2, 0.25) is 0 Å². The molecule has 92 valence electrons. The predicted octanol–water partition coefficient (Wildman–Crippen LogP) is 2.87. The molecule has 2 atom stereocenters. The molecule has 0 saturated heterocycles. The van der Waals surface area contributed by atoms with E-state index in [9.17, 15) is 0 Å². The lowest BCUT2D eigenvalue weighted by Gasteiger charge is -2.28. The SMILES string of the molecule is CSC1CCCC1N1Cc2cccc(N)c2C1. The van der Waals surface area contributed by atoms with Crippen molar-refractivity contribution in [3.05, 3.63) is 29.3 Å². The molecule has 17 heavy (non-hydrogen) atoms. The second-order valence-electron chi connectivity index (χ2n) is 5.16. The van der Waals surface area contributed by atoms with E-state index in [2.05, 4.69) is 23.3 Å². The molecule has 1 heterocycles. The highest BCUT2D eigenvalue weighted by Crippen LogP contribution is 2.37. The lowest BCUT2D eigenvalue weighted by Crippen LogP contribution is -2.35. The smallest absolute Gasteiger partial charge is 0.0363 e. The van der Waals surface area contributed by atoms with Crippen LogP contribution < -0.4 is 5.73 Å². The lowest BCUT2D eigenvalue weighted by molar-refractivity contribution is 0.206. The molecule has 1 aliphatic heterocycles. The molecule has 0 amide bonds. The number of fused-ring (bicyclic) bond motifs is 1. The number of hydrogen-bond donors (Lipinski definition) is 1. The largest absolute Gasteiger partial charge is 0.398 e. The van der Waals surface area contributed by atoms with Crippen molar-refractivity contribution in [3.8, 4) is 0 Å². The van der Waals surface area contributed by atoms with Gasteiger partial charge in [-0.05, 0) is 36.3 Å². The Hall–Kier alpha value is -0.670. The summed E-state index contributed by atoms with van der Waals surface area (Å²) in [4.78, 5) is 2.63. The van der Waals surface area contributed by atoms with Crippen molar-refractivity contribution in [2.75, 3.05) is 12.0 Å². The number of thioether (sulfide) groups is 1. The van der Waals surface area contributed by atoms with E-state index in [0.717, 1.165) is 30.1 Å². The zero-order valence-corrected chi connectivity index (χ0v) is 11.2. The summed E-state index contributed by atoms with van der Waals surface area (Å²) in [7, 11) is 0. The number of nitrogen functional groups attached to an aromatic ring is 1. The van der Waals surface area contributed by atoms with Gasteiger partial charge in [0, 0.05) is 30.1 Å². The molecule has 3 heteroatoms. The fourth-order valence-corrected chi connectivity index (χ4v) is 4.33. The minimum atomic E-state index is 0.761. The van der Waals surface area contributed by atoms with E-state index < -0.39 is 0 Å². The summed E-state index contributed by atoms with van der Waals surface area (Å²) in [6.45, 7) is 2.16. The van der Waals surface area contributed by atoms with Crippen LogP contribution in [0.2, 0.25) is 0 Å². The van der Waals surface area contributed by atoms with Crippen molar-refractivity contribution in [2.45, 2.75) is 43.6 Å². The van der Waals surface area contributed by atoms with E-state index in [0.29, 0.717) is 0 Å². The Bertz CT molecular complexity index is 419. The maximum Gasteiger partial charge on any atom is 0.0363 e. The maximum atomic E-state index is 6.07. The van der Waals surface area contributed by atoms with Crippen LogP contribution in [-0.2, 0) is 13.1 Å². The van der Waals surface area contributed by atoms with Gasteiger partial charge in [-0.3, -0.25) is 4.90 Å². The molecule has 2 unspecified atom stereocenters. The predicted molar refractivity (Wildman–Crippen MR) is 75.0 cm³/mol. The first-order chi connectivity index (χ1) is 8.29. The molecule has 0 bridgehead atoms. The molecule has 0 spiro atoms. The fourth-order valence-electron chi connectivity index (χ4n) is 3.31. The van der Waals surface area contributed by atoms with Crippen LogP contribution in [0.15, 0.2) is 18.2 Å². The molecule has 1 aliphatic carbocycles. The van der Waals surface area contributed by atoms with Crippen LogP contribution in [0.4, 0.5) is 5.69 Å². The number of anilines is 1. The molecule has 0 aromatic heterocycles. The topological polar surface area (TPSA) is 29.3 Å². The Morgan fingerprint density at radius 3 is 2.94 bits per heavy atom. The highest BCUT2D eigenvalue weighted by Gasteiger charge is 2.34. The quantitative estimate of drug-likeness (QED) is 0.816. The third-order valence-corrected chi connectivity index (χ3v) is 5.39. The van der Waals surface area contributed by atoms with Crippen LogP contribution in [0.25, 0.3) is 0 Å². The van der Waals surface area contributed by atoms with Gasteiger partial charge in [-0.15, -0.1) is 0 Å². The van der Waals surface area contributed by atoms with Gasteiger partial charge in [-0.25, -0.2) is 0 Å². The molecule has 2 nitrogen and oxygen atoms in total. The monoisotopic (exact) mass is 248 g/mol. The van der Waals surface area contributed by atoms with Gasteiger partial charge in [0.15, 0.2) is 0 Å². The maximum absolute atomic E-state index is 6.07. The lowest BCUT2D eigenvalue weighted by atomic mass is 10.1. The van der Waals surface area contributed by atoms with E-state index in [1.807, 2.05) is 17.8 Å².